The Bertz CT molecular complexity index is 974. The van der Waals surface area contributed by atoms with Crippen LogP contribution in [0.5, 0.6) is 0 Å². The van der Waals surface area contributed by atoms with E-state index in [0.29, 0.717) is 39.4 Å². The Morgan fingerprint density at radius 1 is 1.35 bits per heavy atom. The number of carbonyl (C=O) groups excluding carboxylic acids is 1. The van der Waals surface area contributed by atoms with E-state index in [2.05, 4.69) is 15.2 Å². The Hall–Kier alpha value is -2.91. The first-order valence-electron chi connectivity index (χ1n) is 8.35. The van der Waals surface area contributed by atoms with E-state index in [4.69, 9.17) is 21.9 Å². The van der Waals surface area contributed by atoms with Gasteiger partial charge < -0.3 is 10.2 Å². The van der Waals surface area contributed by atoms with Gasteiger partial charge in [-0.2, -0.15) is 5.26 Å². The minimum absolute atomic E-state index is 0.120. The van der Waals surface area contributed by atoms with Gasteiger partial charge in [0.25, 0.3) is 0 Å². The highest BCUT2D eigenvalue weighted by Gasteiger charge is 2.28. The lowest BCUT2D eigenvalue weighted by atomic mass is 10.1. The van der Waals surface area contributed by atoms with Gasteiger partial charge in [0, 0.05) is 24.8 Å². The number of aliphatic imine (C=N–C) groups is 1. The molecule has 7 heteroatoms. The van der Waals surface area contributed by atoms with E-state index >= 15 is 0 Å². The van der Waals surface area contributed by atoms with E-state index in [9.17, 15) is 4.79 Å². The molecule has 6 nitrogen and oxygen atoms in total. The van der Waals surface area contributed by atoms with Gasteiger partial charge in [0.2, 0.25) is 5.91 Å². The fourth-order valence-electron chi connectivity index (χ4n) is 3.04. The molecule has 2 heterocycles. The molecule has 130 valence electrons. The summed E-state index contributed by atoms with van der Waals surface area (Å²) in [5, 5.41) is 12.5. The van der Waals surface area contributed by atoms with Crippen molar-refractivity contribution in [3.05, 3.63) is 46.7 Å². The van der Waals surface area contributed by atoms with Crippen LogP contribution in [0, 0.1) is 11.3 Å². The van der Waals surface area contributed by atoms with E-state index in [1.807, 2.05) is 19.2 Å². The SMILES string of the molecule is CN(c1cc2c(cc1Cl)NC(=O)CC(c1ccnc(C#N)c1)=N2)C1CC1. The number of halogens is 1. The van der Waals surface area contributed by atoms with Gasteiger partial charge in [-0.1, -0.05) is 11.6 Å². The van der Waals surface area contributed by atoms with Crippen LogP contribution >= 0.6 is 11.6 Å². The monoisotopic (exact) mass is 365 g/mol. The largest absolute Gasteiger partial charge is 0.370 e. The molecule has 1 N–H and O–H groups in total. The fourth-order valence-corrected chi connectivity index (χ4v) is 3.34. The van der Waals surface area contributed by atoms with Crippen LogP contribution in [0.15, 0.2) is 35.5 Å². The van der Waals surface area contributed by atoms with Gasteiger partial charge in [-0.05, 0) is 37.1 Å². The van der Waals surface area contributed by atoms with Gasteiger partial charge in [-0.3, -0.25) is 9.79 Å². The molecule has 1 aromatic carbocycles. The minimum atomic E-state index is -0.169. The molecule has 1 amide bonds. The summed E-state index contributed by atoms with van der Waals surface area (Å²) in [4.78, 5) is 23.1. The molecule has 1 aliphatic heterocycles. The first-order chi connectivity index (χ1) is 12.5. The Kier molecular flexibility index (Phi) is 4.09. The standard InChI is InChI=1S/C19H16ClN5O/c1-25(13-2-3-13)18-8-17-16(7-14(18)20)24-19(26)9-15(23-17)11-4-5-22-12(6-11)10-21/h4-8,13H,2-3,9H2,1H3,(H,24,26). The molecule has 0 spiro atoms. The Labute approximate surface area is 156 Å². The van der Waals surface area contributed by atoms with E-state index in [1.165, 1.54) is 0 Å². The maximum absolute atomic E-state index is 12.3. The van der Waals surface area contributed by atoms with E-state index in [-0.39, 0.29) is 12.3 Å². The number of nitriles is 1. The van der Waals surface area contributed by atoms with Crippen LogP contribution < -0.4 is 10.2 Å². The van der Waals surface area contributed by atoms with Crippen molar-refractivity contribution in [1.82, 2.24) is 4.98 Å². The highest BCUT2D eigenvalue weighted by Crippen LogP contribution is 2.41. The average Bonchev–Trinajstić information content (AvgIpc) is 3.47. The molecule has 0 atom stereocenters. The average molecular weight is 366 g/mol. The van der Waals surface area contributed by atoms with Gasteiger partial charge in [0.05, 0.1) is 34.2 Å². The van der Waals surface area contributed by atoms with Crippen LogP contribution in [-0.2, 0) is 4.79 Å². The van der Waals surface area contributed by atoms with Gasteiger partial charge in [-0.25, -0.2) is 4.98 Å². The summed E-state index contributed by atoms with van der Waals surface area (Å²) >= 11 is 6.44. The number of pyridine rings is 1. The van der Waals surface area contributed by atoms with Crippen molar-refractivity contribution in [1.29, 1.82) is 5.26 Å². The fraction of sp³-hybridized carbons (Fsp3) is 0.263. The predicted molar refractivity (Wildman–Crippen MR) is 101 cm³/mol. The number of hydrogen-bond acceptors (Lipinski definition) is 5. The third kappa shape index (κ3) is 3.14. The lowest BCUT2D eigenvalue weighted by molar-refractivity contribution is -0.115. The normalized spacial score (nSPS) is 16.0. The zero-order chi connectivity index (χ0) is 18.3. The summed E-state index contributed by atoms with van der Waals surface area (Å²) < 4.78 is 0. The molecule has 0 bridgehead atoms. The second-order valence-electron chi connectivity index (χ2n) is 6.49. The molecule has 0 saturated heterocycles. The van der Waals surface area contributed by atoms with Gasteiger partial charge in [-0.15, -0.1) is 0 Å². The molecule has 4 rings (SSSR count). The highest BCUT2D eigenvalue weighted by atomic mass is 35.5. The summed E-state index contributed by atoms with van der Waals surface area (Å²) in [7, 11) is 2.02. The quantitative estimate of drug-likeness (QED) is 0.899. The molecule has 0 unspecified atom stereocenters. The molecule has 2 aromatic rings. The van der Waals surface area contributed by atoms with Crippen LogP contribution in [0.25, 0.3) is 0 Å². The Morgan fingerprint density at radius 2 is 2.15 bits per heavy atom. The molecule has 2 aliphatic rings. The number of anilines is 2. The highest BCUT2D eigenvalue weighted by molar-refractivity contribution is 6.34. The molecular formula is C19H16ClN5O. The predicted octanol–water partition coefficient (Wildman–Crippen LogP) is 3.67. The number of rotatable bonds is 3. The third-order valence-electron chi connectivity index (χ3n) is 4.60. The number of nitrogens with zero attached hydrogens (tertiary/aromatic N) is 4. The number of carbonyl (C=O) groups is 1. The van der Waals surface area contributed by atoms with Crippen molar-refractivity contribution < 1.29 is 4.79 Å². The lowest BCUT2D eigenvalue weighted by Crippen LogP contribution is -2.19. The maximum atomic E-state index is 12.3. The van der Waals surface area contributed by atoms with Crippen molar-refractivity contribution in [3.63, 3.8) is 0 Å². The van der Waals surface area contributed by atoms with Gasteiger partial charge >= 0.3 is 0 Å². The van der Waals surface area contributed by atoms with Crippen molar-refractivity contribution in [2.75, 3.05) is 17.3 Å². The maximum Gasteiger partial charge on any atom is 0.230 e. The summed E-state index contributed by atoms with van der Waals surface area (Å²) in [6.07, 6.45) is 3.98. The molecular weight excluding hydrogens is 350 g/mol. The number of nitrogens with one attached hydrogen (secondary N) is 1. The lowest BCUT2D eigenvalue weighted by Gasteiger charge is -2.21. The second-order valence-corrected chi connectivity index (χ2v) is 6.90. The molecule has 1 aliphatic carbocycles. The number of amides is 1. The van der Waals surface area contributed by atoms with Crippen LogP contribution in [0.3, 0.4) is 0 Å². The number of hydrogen-bond donors (Lipinski definition) is 1. The van der Waals surface area contributed by atoms with Crippen LogP contribution in [0.1, 0.15) is 30.5 Å². The van der Waals surface area contributed by atoms with Gasteiger partial charge in [0.15, 0.2) is 0 Å². The molecule has 0 radical (unpaired) electrons. The van der Waals surface area contributed by atoms with E-state index in [0.717, 1.165) is 18.5 Å². The van der Waals surface area contributed by atoms with Crippen molar-refractivity contribution >= 4 is 40.3 Å². The van der Waals surface area contributed by atoms with E-state index in [1.54, 1.807) is 24.4 Å². The first-order valence-corrected chi connectivity index (χ1v) is 8.73. The summed E-state index contributed by atoms with van der Waals surface area (Å²) in [5.74, 6) is -0.169. The van der Waals surface area contributed by atoms with Crippen LogP contribution in [0.2, 0.25) is 5.02 Å². The van der Waals surface area contributed by atoms with Crippen molar-refractivity contribution in [3.8, 4) is 6.07 Å². The van der Waals surface area contributed by atoms with Crippen LogP contribution in [0.4, 0.5) is 17.1 Å². The Morgan fingerprint density at radius 3 is 2.88 bits per heavy atom. The van der Waals surface area contributed by atoms with Crippen LogP contribution in [-0.4, -0.2) is 29.7 Å². The Balaban J connectivity index is 1.81. The number of aromatic nitrogens is 1. The zero-order valence-corrected chi connectivity index (χ0v) is 14.9. The van der Waals surface area contributed by atoms with Gasteiger partial charge in [0.1, 0.15) is 11.8 Å². The van der Waals surface area contributed by atoms with Crippen molar-refractivity contribution in [2.45, 2.75) is 25.3 Å². The van der Waals surface area contributed by atoms with E-state index < -0.39 is 0 Å². The summed E-state index contributed by atoms with van der Waals surface area (Å²) in [6.45, 7) is 0. The number of benzene rings is 1. The number of fused-ring (bicyclic) bond motifs is 1. The molecule has 1 fully saturated rings. The smallest absolute Gasteiger partial charge is 0.230 e. The second kappa shape index (κ2) is 6.43. The zero-order valence-electron chi connectivity index (χ0n) is 14.2. The minimum Gasteiger partial charge on any atom is -0.370 e. The van der Waals surface area contributed by atoms with Crippen molar-refractivity contribution in [2.24, 2.45) is 4.99 Å². The third-order valence-corrected chi connectivity index (χ3v) is 4.91. The molecule has 1 saturated carbocycles. The molecule has 1 aromatic heterocycles. The molecule has 26 heavy (non-hydrogen) atoms. The summed E-state index contributed by atoms with van der Waals surface area (Å²) in [5.41, 5.74) is 3.76. The first kappa shape index (κ1) is 16.6. The topological polar surface area (TPSA) is 81.4 Å². The summed E-state index contributed by atoms with van der Waals surface area (Å²) in [6, 6.07) is 9.58.